The van der Waals surface area contributed by atoms with Gasteiger partial charge in [-0.05, 0) is 35.7 Å². The molecule has 0 spiro atoms. The van der Waals surface area contributed by atoms with E-state index in [1.807, 2.05) is 36.5 Å². The molecule has 0 saturated carbocycles. The highest BCUT2D eigenvalue weighted by atomic mass is 35.5. The molecule has 3 amide bonds. The lowest BCUT2D eigenvalue weighted by Gasteiger charge is -2.20. The Bertz CT molecular complexity index is 1030. The number of benzene rings is 2. The zero-order chi connectivity index (χ0) is 21.5. The van der Waals surface area contributed by atoms with Crippen LogP contribution in [0.1, 0.15) is 30.4 Å². The van der Waals surface area contributed by atoms with Gasteiger partial charge in [0.05, 0.1) is 0 Å². The van der Waals surface area contributed by atoms with Gasteiger partial charge in [0.1, 0.15) is 0 Å². The van der Waals surface area contributed by atoms with Gasteiger partial charge in [0.15, 0.2) is 0 Å². The third kappa shape index (κ3) is 5.68. The number of nitrogens with one attached hydrogen (secondary N) is 4. The molecule has 1 heterocycles. The highest BCUT2D eigenvalue weighted by molar-refractivity contribution is 6.35. The fourth-order valence-electron chi connectivity index (χ4n) is 3.37. The minimum absolute atomic E-state index is 0.0825. The molecule has 6 nitrogen and oxygen atoms in total. The number of carbonyl (C=O) groups excluding carboxylic acids is 2. The van der Waals surface area contributed by atoms with Gasteiger partial charge in [-0.3, -0.25) is 4.79 Å². The molecule has 1 atom stereocenters. The maximum absolute atomic E-state index is 12.3. The van der Waals surface area contributed by atoms with E-state index >= 15 is 0 Å². The van der Waals surface area contributed by atoms with E-state index in [4.69, 9.17) is 23.2 Å². The summed E-state index contributed by atoms with van der Waals surface area (Å²) in [5.41, 5.74) is 2.95. The van der Waals surface area contributed by atoms with Gasteiger partial charge in [0.2, 0.25) is 5.91 Å². The highest BCUT2D eigenvalue weighted by Crippen LogP contribution is 2.35. The molecule has 2 aromatic carbocycles. The van der Waals surface area contributed by atoms with Crippen molar-refractivity contribution in [3.63, 3.8) is 0 Å². The van der Waals surface area contributed by atoms with Crippen LogP contribution < -0.4 is 16.0 Å². The second-order valence-electron chi connectivity index (χ2n) is 6.98. The van der Waals surface area contributed by atoms with Crippen molar-refractivity contribution in [2.75, 3.05) is 19.6 Å². The normalized spacial score (nSPS) is 11.8. The predicted octanol–water partition coefficient (Wildman–Crippen LogP) is 4.43. The van der Waals surface area contributed by atoms with Crippen molar-refractivity contribution < 1.29 is 9.59 Å². The zero-order valence-electron chi connectivity index (χ0n) is 16.6. The lowest BCUT2D eigenvalue weighted by atomic mass is 9.91. The van der Waals surface area contributed by atoms with E-state index in [0.717, 1.165) is 22.0 Å². The first-order chi connectivity index (χ1) is 14.5. The predicted molar refractivity (Wildman–Crippen MR) is 121 cm³/mol. The summed E-state index contributed by atoms with van der Waals surface area (Å²) in [5, 5.41) is 10.6. The first-order valence-electron chi connectivity index (χ1n) is 9.73. The number of urea groups is 1. The van der Waals surface area contributed by atoms with Crippen LogP contribution in [0.15, 0.2) is 48.7 Å². The highest BCUT2D eigenvalue weighted by Gasteiger charge is 2.21. The van der Waals surface area contributed by atoms with E-state index in [1.54, 1.807) is 12.1 Å². The summed E-state index contributed by atoms with van der Waals surface area (Å²) >= 11 is 12.6. The van der Waals surface area contributed by atoms with E-state index in [-0.39, 0.29) is 17.9 Å². The molecule has 0 aliphatic rings. The standard InChI is InChI=1S/C22H24Cl2N4O2/c1-14(29)25-9-4-10-26-22(30)28-13-18(16-8-7-15(23)11-20(16)24)19-12-27-21-6-3-2-5-17(19)21/h2-3,5-8,11-12,18,27H,4,9-10,13H2,1H3,(H,25,29)(H2,26,28,30). The Hall–Kier alpha value is -2.70. The molecule has 1 aromatic heterocycles. The smallest absolute Gasteiger partial charge is 0.314 e. The minimum atomic E-state index is -0.271. The molecule has 4 N–H and O–H groups in total. The van der Waals surface area contributed by atoms with Gasteiger partial charge in [-0.15, -0.1) is 0 Å². The number of halogens is 2. The van der Waals surface area contributed by atoms with Gasteiger partial charge in [0, 0.05) is 59.6 Å². The third-order valence-corrected chi connectivity index (χ3v) is 5.38. The molecular weight excluding hydrogens is 423 g/mol. The van der Waals surface area contributed by atoms with Crippen LogP contribution in [0.2, 0.25) is 10.0 Å². The van der Waals surface area contributed by atoms with Crippen LogP contribution >= 0.6 is 23.2 Å². The Morgan fingerprint density at radius 1 is 1.00 bits per heavy atom. The Kier molecular flexibility index (Phi) is 7.60. The molecule has 3 aromatic rings. The molecule has 1 unspecified atom stereocenters. The number of fused-ring (bicyclic) bond motifs is 1. The largest absolute Gasteiger partial charge is 0.361 e. The fourth-order valence-corrected chi connectivity index (χ4v) is 3.91. The van der Waals surface area contributed by atoms with E-state index in [0.29, 0.717) is 36.1 Å². The summed E-state index contributed by atoms with van der Waals surface area (Å²) in [6.45, 7) is 2.81. The lowest BCUT2D eigenvalue weighted by Crippen LogP contribution is -2.39. The summed E-state index contributed by atoms with van der Waals surface area (Å²) in [7, 11) is 0. The number of hydrogen-bond acceptors (Lipinski definition) is 2. The molecule has 0 aliphatic carbocycles. The fraction of sp³-hybridized carbons (Fsp3) is 0.273. The van der Waals surface area contributed by atoms with E-state index in [2.05, 4.69) is 20.9 Å². The van der Waals surface area contributed by atoms with Gasteiger partial charge in [0.25, 0.3) is 0 Å². The number of H-pyrrole nitrogens is 1. The molecule has 30 heavy (non-hydrogen) atoms. The first kappa shape index (κ1) is 22.0. The second-order valence-corrected chi connectivity index (χ2v) is 7.82. The lowest BCUT2D eigenvalue weighted by molar-refractivity contribution is -0.118. The summed E-state index contributed by atoms with van der Waals surface area (Å²) in [5.74, 6) is -0.239. The number of para-hydroxylation sites is 1. The molecular formula is C22H24Cl2N4O2. The van der Waals surface area contributed by atoms with Crippen molar-refractivity contribution in [2.45, 2.75) is 19.3 Å². The quantitative estimate of drug-likeness (QED) is 0.385. The van der Waals surface area contributed by atoms with E-state index in [9.17, 15) is 9.59 Å². The molecule has 8 heteroatoms. The number of carbonyl (C=O) groups is 2. The monoisotopic (exact) mass is 446 g/mol. The first-order valence-corrected chi connectivity index (χ1v) is 10.5. The van der Waals surface area contributed by atoms with Crippen molar-refractivity contribution in [3.05, 3.63) is 69.8 Å². The maximum atomic E-state index is 12.3. The minimum Gasteiger partial charge on any atom is -0.361 e. The van der Waals surface area contributed by atoms with Crippen molar-refractivity contribution in [3.8, 4) is 0 Å². The number of aromatic nitrogens is 1. The number of rotatable bonds is 8. The molecule has 0 aliphatic heterocycles. The summed E-state index contributed by atoms with van der Waals surface area (Å²) < 4.78 is 0. The Balaban J connectivity index is 1.73. The van der Waals surface area contributed by atoms with Crippen LogP contribution in [0, 0.1) is 0 Å². The van der Waals surface area contributed by atoms with Crippen LogP contribution in [0.3, 0.4) is 0 Å². The molecule has 0 radical (unpaired) electrons. The molecule has 0 bridgehead atoms. The van der Waals surface area contributed by atoms with Crippen LogP contribution in [0.5, 0.6) is 0 Å². The van der Waals surface area contributed by atoms with Crippen LogP contribution in [0.25, 0.3) is 10.9 Å². The zero-order valence-corrected chi connectivity index (χ0v) is 18.1. The average molecular weight is 447 g/mol. The number of hydrogen-bond donors (Lipinski definition) is 4. The molecule has 0 fully saturated rings. The number of amides is 3. The summed E-state index contributed by atoms with van der Waals surface area (Å²) in [4.78, 5) is 26.4. The van der Waals surface area contributed by atoms with Crippen molar-refractivity contribution >= 4 is 46.0 Å². The summed E-state index contributed by atoms with van der Waals surface area (Å²) in [6, 6.07) is 13.1. The topological polar surface area (TPSA) is 86.0 Å². The van der Waals surface area contributed by atoms with Gasteiger partial charge in [-0.25, -0.2) is 4.79 Å². The van der Waals surface area contributed by atoms with Gasteiger partial charge >= 0.3 is 6.03 Å². The molecule has 0 saturated heterocycles. The van der Waals surface area contributed by atoms with Crippen LogP contribution in [-0.4, -0.2) is 36.6 Å². The van der Waals surface area contributed by atoms with E-state index < -0.39 is 0 Å². The average Bonchev–Trinajstić information content (AvgIpc) is 3.13. The van der Waals surface area contributed by atoms with Crippen molar-refractivity contribution in [1.82, 2.24) is 20.9 Å². The second kappa shape index (κ2) is 10.4. The third-order valence-electron chi connectivity index (χ3n) is 4.81. The van der Waals surface area contributed by atoms with Crippen LogP contribution in [0.4, 0.5) is 4.79 Å². The Labute approximate surface area is 185 Å². The Morgan fingerprint density at radius 3 is 2.53 bits per heavy atom. The Morgan fingerprint density at radius 2 is 1.77 bits per heavy atom. The van der Waals surface area contributed by atoms with Crippen molar-refractivity contribution in [2.24, 2.45) is 0 Å². The van der Waals surface area contributed by atoms with Gasteiger partial charge in [-0.2, -0.15) is 0 Å². The summed E-state index contributed by atoms with van der Waals surface area (Å²) in [6.07, 6.45) is 2.61. The molecule has 158 valence electrons. The number of aromatic amines is 1. The van der Waals surface area contributed by atoms with E-state index in [1.165, 1.54) is 6.92 Å². The van der Waals surface area contributed by atoms with Crippen LogP contribution in [-0.2, 0) is 4.79 Å². The molecule has 3 rings (SSSR count). The van der Waals surface area contributed by atoms with Gasteiger partial charge in [-0.1, -0.05) is 47.5 Å². The van der Waals surface area contributed by atoms with Gasteiger partial charge < -0.3 is 20.9 Å². The SMILES string of the molecule is CC(=O)NCCCNC(=O)NCC(c1ccc(Cl)cc1Cl)c1c[nH]c2ccccc12. The van der Waals surface area contributed by atoms with Crippen molar-refractivity contribution in [1.29, 1.82) is 0 Å². The maximum Gasteiger partial charge on any atom is 0.314 e.